The number of anilines is 1. The highest BCUT2D eigenvalue weighted by atomic mass is 16.5. The molecule has 1 atom stereocenters. The average molecular weight is 359 g/mol. The summed E-state index contributed by atoms with van der Waals surface area (Å²) in [5.41, 5.74) is 2.36. The molecule has 1 aromatic heterocycles. The smallest absolute Gasteiger partial charge is 0.325 e. The first-order valence-corrected chi connectivity index (χ1v) is 8.89. The van der Waals surface area contributed by atoms with Gasteiger partial charge in [-0.25, -0.2) is 0 Å². The van der Waals surface area contributed by atoms with Crippen LogP contribution in [0.15, 0.2) is 28.8 Å². The average Bonchev–Trinajstić information content (AvgIpc) is 2.96. The number of aryl methyl sites for hydroxylation is 2. The van der Waals surface area contributed by atoms with E-state index in [9.17, 15) is 9.90 Å². The van der Waals surface area contributed by atoms with Gasteiger partial charge >= 0.3 is 5.97 Å². The van der Waals surface area contributed by atoms with E-state index in [0.29, 0.717) is 36.7 Å². The predicted octanol–water partition coefficient (Wildman–Crippen LogP) is 2.64. The van der Waals surface area contributed by atoms with E-state index in [1.807, 2.05) is 36.1 Å². The number of hydrogen-bond acceptors (Lipinski definition) is 6. The fraction of sp³-hybridized carbons (Fsp3) is 0.474. The van der Waals surface area contributed by atoms with Crippen molar-refractivity contribution in [2.45, 2.75) is 26.8 Å². The Kier molecular flexibility index (Phi) is 5.46. The van der Waals surface area contributed by atoms with Gasteiger partial charge in [-0.2, -0.15) is 0 Å². The molecule has 140 valence electrons. The molecule has 1 N–H and O–H groups in total. The van der Waals surface area contributed by atoms with Crippen molar-refractivity contribution < 1.29 is 19.2 Å². The van der Waals surface area contributed by atoms with Crippen molar-refractivity contribution in [3.8, 4) is 5.75 Å². The quantitative estimate of drug-likeness (QED) is 0.849. The molecule has 0 spiro atoms. The van der Waals surface area contributed by atoms with Crippen LogP contribution in [0.1, 0.15) is 30.0 Å². The number of aromatic nitrogens is 1. The molecule has 3 rings (SSSR count). The molecule has 1 aliphatic rings. The number of ether oxygens (including phenoxy) is 1. The summed E-state index contributed by atoms with van der Waals surface area (Å²) in [6, 6.07) is 7.24. The first-order valence-electron chi connectivity index (χ1n) is 8.89. The molecule has 0 saturated carbocycles. The molecule has 0 amide bonds. The summed E-state index contributed by atoms with van der Waals surface area (Å²) in [7, 11) is 0. The normalized spacial score (nSPS) is 16.5. The summed E-state index contributed by atoms with van der Waals surface area (Å²) in [5, 5.41) is 13.7. The topological polar surface area (TPSA) is 79.0 Å². The lowest BCUT2D eigenvalue weighted by atomic mass is 10.0. The summed E-state index contributed by atoms with van der Waals surface area (Å²) >= 11 is 0. The van der Waals surface area contributed by atoms with Gasteiger partial charge in [0.2, 0.25) is 0 Å². The summed E-state index contributed by atoms with van der Waals surface area (Å²) in [5.74, 6) is 0.561. The van der Waals surface area contributed by atoms with Crippen LogP contribution in [0.2, 0.25) is 0 Å². The zero-order valence-electron chi connectivity index (χ0n) is 15.4. The number of carbonyl (C=O) groups is 1. The van der Waals surface area contributed by atoms with E-state index in [0.717, 1.165) is 24.5 Å². The Morgan fingerprint density at radius 1 is 1.27 bits per heavy atom. The van der Waals surface area contributed by atoms with E-state index in [1.165, 1.54) is 0 Å². The van der Waals surface area contributed by atoms with Gasteiger partial charge in [0, 0.05) is 31.7 Å². The molecule has 26 heavy (non-hydrogen) atoms. The van der Waals surface area contributed by atoms with E-state index < -0.39 is 12.0 Å². The lowest BCUT2D eigenvalue weighted by molar-refractivity contribution is -0.143. The third kappa shape index (κ3) is 3.53. The molecule has 2 heterocycles. The van der Waals surface area contributed by atoms with Crippen LogP contribution in [0.5, 0.6) is 5.75 Å². The van der Waals surface area contributed by atoms with Gasteiger partial charge in [0.05, 0.1) is 18.0 Å². The second-order valence-corrected chi connectivity index (χ2v) is 6.40. The number of benzene rings is 1. The number of rotatable bonds is 6. The van der Waals surface area contributed by atoms with E-state index in [1.54, 1.807) is 13.8 Å². The number of aliphatic carboxylic acids is 1. The van der Waals surface area contributed by atoms with Gasteiger partial charge in [0.15, 0.2) is 0 Å². The summed E-state index contributed by atoms with van der Waals surface area (Å²) in [6.45, 7) is 8.88. The zero-order valence-corrected chi connectivity index (χ0v) is 15.4. The van der Waals surface area contributed by atoms with Gasteiger partial charge in [0.25, 0.3) is 0 Å². The molecule has 0 unspecified atom stereocenters. The molecule has 1 saturated heterocycles. The molecule has 7 nitrogen and oxygen atoms in total. The van der Waals surface area contributed by atoms with Crippen molar-refractivity contribution in [3.05, 3.63) is 41.3 Å². The third-order valence-electron chi connectivity index (χ3n) is 4.78. The number of carboxylic acids is 1. The van der Waals surface area contributed by atoms with E-state index >= 15 is 0 Å². The molecular formula is C19H25N3O4. The van der Waals surface area contributed by atoms with Crippen molar-refractivity contribution >= 4 is 11.7 Å². The highest BCUT2D eigenvalue weighted by Gasteiger charge is 2.34. The Labute approximate surface area is 153 Å². The molecule has 0 bridgehead atoms. The van der Waals surface area contributed by atoms with Crippen LogP contribution in [0.3, 0.4) is 0 Å². The number of piperazine rings is 1. The minimum atomic E-state index is -0.873. The first-order chi connectivity index (χ1) is 12.5. The maximum absolute atomic E-state index is 11.9. The third-order valence-corrected chi connectivity index (χ3v) is 4.78. The Hall–Kier alpha value is -2.54. The SMILES string of the molecule is CCOc1ccccc1N1CCN([C@H](C(=O)O)c2c(C)noc2C)CC1. The van der Waals surface area contributed by atoms with Crippen molar-refractivity contribution in [1.82, 2.24) is 10.1 Å². The summed E-state index contributed by atoms with van der Waals surface area (Å²) in [4.78, 5) is 16.2. The van der Waals surface area contributed by atoms with Crippen molar-refractivity contribution in [2.75, 3.05) is 37.7 Å². The molecule has 1 aliphatic heterocycles. The minimum Gasteiger partial charge on any atom is -0.492 e. The van der Waals surface area contributed by atoms with Crippen LogP contribution in [-0.2, 0) is 4.79 Å². The summed E-state index contributed by atoms with van der Waals surface area (Å²) < 4.78 is 10.9. The monoisotopic (exact) mass is 359 g/mol. The van der Waals surface area contributed by atoms with Gasteiger partial charge in [0.1, 0.15) is 17.6 Å². The number of hydrogen-bond donors (Lipinski definition) is 1. The molecule has 2 aromatic rings. The summed E-state index contributed by atoms with van der Waals surface area (Å²) in [6.07, 6.45) is 0. The molecule has 0 aliphatic carbocycles. The molecule has 1 fully saturated rings. The number of carboxylic acid groups (broad SMARTS) is 1. The molecule has 7 heteroatoms. The van der Waals surface area contributed by atoms with Crippen LogP contribution < -0.4 is 9.64 Å². The van der Waals surface area contributed by atoms with Gasteiger partial charge in [-0.3, -0.25) is 9.69 Å². The van der Waals surface area contributed by atoms with Gasteiger partial charge in [-0.1, -0.05) is 17.3 Å². The number of nitrogens with zero attached hydrogens (tertiary/aromatic N) is 3. The van der Waals surface area contributed by atoms with Crippen molar-refractivity contribution in [1.29, 1.82) is 0 Å². The van der Waals surface area contributed by atoms with Crippen LogP contribution in [0, 0.1) is 13.8 Å². The Morgan fingerprint density at radius 2 is 1.96 bits per heavy atom. The lowest BCUT2D eigenvalue weighted by Gasteiger charge is -2.39. The second kappa shape index (κ2) is 7.78. The van der Waals surface area contributed by atoms with E-state index in [-0.39, 0.29) is 0 Å². The standard InChI is InChI=1S/C19H25N3O4/c1-4-25-16-8-6-5-7-15(16)21-9-11-22(12-10-21)18(19(23)24)17-13(2)20-26-14(17)3/h5-8,18H,4,9-12H2,1-3H3,(H,23,24)/t18-/m0/s1. The van der Waals surface area contributed by atoms with Crippen LogP contribution in [0.25, 0.3) is 0 Å². The minimum absolute atomic E-state index is 0.569. The highest BCUT2D eigenvalue weighted by molar-refractivity contribution is 5.76. The van der Waals surface area contributed by atoms with Gasteiger partial charge < -0.3 is 19.3 Å². The Morgan fingerprint density at radius 3 is 2.54 bits per heavy atom. The highest BCUT2D eigenvalue weighted by Crippen LogP contribution is 2.32. The first kappa shape index (κ1) is 18.3. The molecular weight excluding hydrogens is 334 g/mol. The fourth-order valence-electron chi connectivity index (χ4n) is 3.56. The fourth-order valence-corrected chi connectivity index (χ4v) is 3.56. The Balaban J connectivity index is 1.76. The molecule has 0 radical (unpaired) electrons. The lowest BCUT2D eigenvalue weighted by Crippen LogP contribution is -2.49. The van der Waals surface area contributed by atoms with Crippen LogP contribution >= 0.6 is 0 Å². The number of para-hydroxylation sites is 2. The maximum Gasteiger partial charge on any atom is 0.325 e. The van der Waals surface area contributed by atoms with E-state index in [4.69, 9.17) is 9.26 Å². The van der Waals surface area contributed by atoms with Gasteiger partial charge in [-0.15, -0.1) is 0 Å². The maximum atomic E-state index is 11.9. The van der Waals surface area contributed by atoms with Gasteiger partial charge in [-0.05, 0) is 32.9 Å². The van der Waals surface area contributed by atoms with E-state index in [2.05, 4.69) is 10.1 Å². The van der Waals surface area contributed by atoms with Crippen molar-refractivity contribution in [2.24, 2.45) is 0 Å². The second-order valence-electron chi connectivity index (χ2n) is 6.40. The zero-order chi connectivity index (χ0) is 18.7. The Bertz CT molecular complexity index is 746. The van der Waals surface area contributed by atoms with Crippen LogP contribution in [-0.4, -0.2) is 53.9 Å². The predicted molar refractivity (Wildman–Crippen MR) is 97.8 cm³/mol. The van der Waals surface area contributed by atoms with Crippen molar-refractivity contribution in [3.63, 3.8) is 0 Å². The van der Waals surface area contributed by atoms with Crippen LogP contribution in [0.4, 0.5) is 5.69 Å². The largest absolute Gasteiger partial charge is 0.492 e. The molecule has 1 aromatic carbocycles.